The van der Waals surface area contributed by atoms with Crippen molar-refractivity contribution in [3.8, 4) is 10.4 Å². The van der Waals surface area contributed by atoms with Crippen LogP contribution in [0.2, 0.25) is 0 Å². The lowest BCUT2D eigenvalue weighted by atomic mass is 9.80. The first-order valence-electron chi connectivity index (χ1n) is 10.5. The minimum absolute atomic E-state index is 0.0363. The molecule has 8 heteroatoms. The fraction of sp³-hybridized carbons (Fsp3) is 0.417. The summed E-state index contributed by atoms with van der Waals surface area (Å²) in [5.41, 5.74) is 2.61. The largest absolute Gasteiger partial charge is 0.394 e. The Bertz CT molecular complexity index is 1020. The summed E-state index contributed by atoms with van der Waals surface area (Å²) in [6.45, 7) is 1.50. The molecule has 0 saturated carbocycles. The second-order valence-corrected chi connectivity index (χ2v) is 10.0. The number of hydrogen-bond acceptors (Lipinski definition) is 6. The molecule has 1 unspecified atom stereocenters. The highest BCUT2D eigenvalue weighted by Crippen LogP contribution is 2.39. The van der Waals surface area contributed by atoms with E-state index >= 15 is 0 Å². The van der Waals surface area contributed by atoms with Gasteiger partial charge in [-0.15, -0.1) is 11.3 Å². The van der Waals surface area contributed by atoms with E-state index < -0.39 is 37.1 Å². The Hall–Kier alpha value is -1.58. The van der Waals surface area contributed by atoms with Crippen LogP contribution < -0.4 is 0 Å². The number of halogens is 2. The lowest BCUT2D eigenvalue weighted by Crippen LogP contribution is -2.59. The highest BCUT2D eigenvalue weighted by Gasteiger charge is 2.45. The van der Waals surface area contributed by atoms with Gasteiger partial charge in [0.25, 0.3) is 0 Å². The third-order valence-electron chi connectivity index (χ3n) is 6.12. The quantitative estimate of drug-likeness (QED) is 0.526. The van der Waals surface area contributed by atoms with Gasteiger partial charge < -0.3 is 25.2 Å². The van der Waals surface area contributed by atoms with Gasteiger partial charge in [0.1, 0.15) is 36.3 Å². The zero-order chi connectivity index (χ0) is 23.0. The molecular weight excluding hydrogens is 455 g/mol. The number of hydrogen-bond donors (Lipinski definition) is 4. The molecule has 2 aromatic rings. The second kappa shape index (κ2) is 9.73. The fourth-order valence-electron chi connectivity index (χ4n) is 4.26. The molecular formula is C24H26ClFO5S. The van der Waals surface area contributed by atoms with E-state index in [1.165, 1.54) is 12.1 Å². The minimum atomic E-state index is -1.42. The van der Waals surface area contributed by atoms with Gasteiger partial charge in [-0.05, 0) is 53.3 Å². The van der Waals surface area contributed by atoms with Crippen LogP contribution in [-0.4, -0.2) is 57.6 Å². The molecule has 32 heavy (non-hydrogen) atoms. The van der Waals surface area contributed by atoms with Gasteiger partial charge in [-0.1, -0.05) is 36.7 Å². The van der Waals surface area contributed by atoms with Crippen LogP contribution in [0.5, 0.6) is 0 Å². The average Bonchev–Trinajstić information content (AvgIpc) is 3.24. The molecule has 6 atom stereocenters. The van der Waals surface area contributed by atoms with Crippen molar-refractivity contribution in [1.29, 1.82) is 0 Å². The smallest absolute Gasteiger partial charge is 0.123 e. The third-order valence-corrected chi connectivity index (χ3v) is 7.65. The van der Waals surface area contributed by atoms with Gasteiger partial charge in [0.2, 0.25) is 0 Å². The van der Waals surface area contributed by atoms with E-state index in [4.69, 9.17) is 16.3 Å². The Morgan fingerprint density at radius 3 is 2.47 bits per heavy atom. The van der Waals surface area contributed by atoms with Gasteiger partial charge in [-0.2, -0.15) is 0 Å². The van der Waals surface area contributed by atoms with E-state index in [0.717, 1.165) is 31.5 Å². The van der Waals surface area contributed by atoms with Crippen molar-refractivity contribution < 1.29 is 29.6 Å². The third kappa shape index (κ3) is 4.70. The normalized spacial score (nSPS) is 31.0. The van der Waals surface area contributed by atoms with Crippen LogP contribution >= 0.6 is 22.9 Å². The monoisotopic (exact) mass is 480 g/mol. The van der Waals surface area contributed by atoms with Gasteiger partial charge in [-0.3, -0.25) is 0 Å². The van der Waals surface area contributed by atoms with E-state index in [1.54, 1.807) is 23.5 Å². The van der Waals surface area contributed by atoms with Gasteiger partial charge >= 0.3 is 0 Å². The molecule has 0 spiro atoms. The van der Waals surface area contributed by atoms with Crippen molar-refractivity contribution in [3.05, 3.63) is 69.3 Å². The molecule has 172 valence electrons. The molecule has 0 radical (unpaired) electrons. The number of aliphatic hydroxyl groups excluding tert-OH is 4. The van der Waals surface area contributed by atoms with Crippen LogP contribution in [0.25, 0.3) is 10.4 Å². The SMILES string of the molecule is CC1CC(Cl)=C(Cc2ccc(-c3ccc(F)cc3)s2)C=C1[C@@H]1O[C@H](CO)[C@@H](O)[C@H](O)[C@H]1O. The second-order valence-electron chi connectivity index (χ2n) is 8.38. The van der Waals surface area contributed by atoms with Crippen molar-refractivity contribution >= 4 is 22.9 Å². The van der Waals surface area contributed by atoms with Crippen molar-refractivity contribution in [2.24, 2.45) is 5.92 Å². The fourth-order valence-corrected chi connectivity index (χ4v) is 5.65. The maximum atomic E-state index is 13.2. The molecule has 4 rings (SSSR count). The molecule has 1 aliphatic heterocycles. The number of ether oxygens (including phenoxy) is 1. The lowest BCUT2D eigenvalue weighted by molar-refractivity contribution is -0.220. The topological polar surface area (TPSA) is 90.2 Å². The summed E-state index contributed by atoms with van der Waals surface area (Å²) in [6.07, 6.45) is -2.87. The number of allylic oxidation sites excluding steroid dienone is 3. The predicted molar refractivity (Wildman–Crippen MR) is 122 cm³/mol. The van der Waals surface area contributed by atoms with Crippen LogP contribution in [0.4, 0.5) is 4.39 Å². The van der Waals surface area contributed by atoms with Crippen LogP contribution in [0, 0.1) is 11.7 Å². The zero-order valence-electron chi connectivity index (χ0n) is 17.5. The summed E-state index contributed by atoms with van der Waals surface area (Å²) in [7, 11) is 0. The molecule has 1 aromatic heterocycles. The molecule has 2 heterocycles. The van der Waals surface area contributed by atoms with Crippen LogP contribution in [-0.2, 0) is 11.2 Å². The Morgan fingerprint density at radius 1 is 1.06 bits per heavy atom. The Labute approximate surface area is 195 Å². The number of thiophene rings is 1. The van der Waals surface area contributed by atoms with Crippen LogP contribution in [0.3, 0.4) is 0 Å². The summed E-state index contributed by atoms with van der Waals surface area (Å²) >= 11 is 8.18. The molecule has 1 fully saturated rings. The molecule has 0 amide bonds. The Morgan fingerprint density at radius 2 is 1.78 bits per heavy atom. The summed E-state index contributed by atoms with van der Waals surface area (Å²) < 4.78 is 19.0. The zero-order valence-corrected chi connectivity index (χ0v) is 19.1. The Balaban J connectivity index is 1.57. The van der Waals surface area contributed by atoms with Crippen molar-refractivity contribution in [2.75, 3.05) is 6.61 Å². The standard InChI is InChI=1S/C24H26ClFO5S/c1-12-8-18(25)14(9-16-6-7-20(32-16)13-2-4-15(26)5-3-13)10-17(12)24-23(30)22(29)21(28)19(11-27)31-24/h2-7,10,12,19,21-24,27-30H,8-9,11H2,1H3/t12?,19-,21-,22+,23-,24+/m1/s1. The highest BCUT2D eigenvalue weighted by atomic mass is 35.5. The first-order chi connectivity index (χ1) is 15.3. The molecule has 0 bridgehead atoms. The number of rotatable bonds is 5. The van der Waals surface area contributed by atoms with Gasteiger partial charge in [0.05, 0.1) is 6.61 Å². The number of aliphatic hydroxyl groups is 4. The van der Waals surface area contributed by atoms with Gasteiger partial charge in [0.15, 0.2) is 0 Å². The predicted octanol–water partition coefficient (Wildman–Crippen LogP) is 3.40. The summed E-state index contributed by atoms with van der Waals surface area (Å²) in [4.78, 5) is 2.11. The van der Waals surface area contributed by atoms with Crippen molar-refractivity contribution in [1.82, 2.24) is 0 Å². The average molecular weight is 481 g/mol. The van der Waals surface area contributed by atoms with E-state index in [9.17, 15) is 24.8 Å². The van der Waals surface area contributed by atoms with Crippen molar-refractivity contribution in [2.45, 2.75) is 50.3 Å². The molecule has 5 nitrogen and oxygen atoms in total. The highest BCUT2D eigenvalue weighted by molar-refractivity contribution is 7.15. The molecule has 1 aliphatic carbocycles. The minimum Gasteiger partial charge on any atom is -0.394 e. The van der Waals surface area contributed by atoms with E-state index in [0.29, 0.717) is 12.8 Å². The lowest BCUT2D eigenvalue weighted by Gasteiger charge is -2.43. The Kier molecular flexibility index (Phi) is 7.17. The summed E-state index contributed by atoms with van der Waals surface area (Å²) in [5.74, 6) is -0.310. The molecule has 1 aromatic carbocycles. The van der Waals surface area contributed by atoms with Gasteiger partial charge in [0, 0.05) is 21.2 Å². The van der Waals surface area contributed by atoms with Crippen LogP contribution in [0.1, 0.15) is 18.2 Å². The van der Waals surface area contributed by atoms with E-state index in [2.05, 4.69) is 0 Å². The molecule has 4 N–H and O–H groups in total. The molecule has 2 aliphatic rings. The maximum Gasteiger partial charge on any atom is 0.123 e. The first kappa shape index (κ1) is 23.6. The van der Waals surface area contributed by atoms with Gasteiger partial charge in [-0.25, -0.2) is 4.39 Å². The van der Waals surface area contributed by atoms with E-state index in [-0.39, 0.29) is 11.7 Å². The number of benzene rings is 1. The maximum absolute atomic E-state index is 13.2. The molecule has 1 saturated heterocycles. The van der Waals surface area contributed by atoms with Crippen molar-refractivity contribution in [3.63, 3.8) is 0 Å². The van der Waals surface area contributed by atoms with E-state index in [1.807, 2.05) is 25.1 Å². The first-order valence-corrected chi connectivity index (χ1v) is 11.7. The summed E-state index contributed by atoms with van der Waals surface area (Å²) in [6, 6.07) is 10.4. The van der Waals surface area contributed by atoms with Crippen LogP contribution in [0.15, 0.2) is 58.7 Å². The summed E-state index contributed by atoms with van der Waals surface area (Å²) in [5, 5.41) is 41.0.